The zero-order valence-electron chi connectivity index (χ0n) is 19.0. The fourth-order valence-electron chi connectivity index (χ4n) is 2.75. The van der Waals surface area contributed by atoms with E-state index in [1.807, 2.05) is 37.3 Å². The van der Waals surface area contributed by atoms with E-state index < -0.39 is 11.7 Å². The number of rotatable bonds is 9. The van der Waals surface area contributed by atoms with Gasteiger partial charge in [0.05, 0.1) is 13.0 Å². The highest BCUT2D eigenvalue weighted by atomic mass is 16.6. The largest absolute Gasteiger partial charge is 0.494 e. The molecule has 3 amide bonds. The molecule has 0 saturated heterocycles. The normalized spacial score (nSPS) is 10.8. The minimum absolute atomic E-state index is 0.142. The van der Waals surface area contributed by atoms with Crippen molar-refractivity contribution < 1.29 is 23.9 Å². The third-order valence-electron chi connectivity index (χ3n) is 4.09. The van der Waals surface area contributed by atoms with Crippen molar-refractivity contribution in [2.24, 2.45) is 0 Å². The van der Waals surface area contributed by atoms with Crippen LogP contribution in [0.1, 0.15) is 38.8 Å². The first-order valence-corrected chi connectivity index (χ1v) is 10.5. The summed E-state index contributed by atoms with van der Waals surface area (Å²) in [6.45, 7) is 7.83. The van der Waals surface area contributed by atoms with Crippen LogP contribution in [0.5, 0.6) is 5.75 Å². The van der Waals surface area contributed by atoms with Crippen LogP contribution in [0.25, 0.3) is 0 Å². The highest BCUT2D eigenvalue weighted by Gasteiger charge is 2.16. The summed E-state index contributed by atoms with van der Waals surface area (Å²) >= 11 is 0. The van der Waals surface area contributed by atoms with E-state index in [1.54, 1.807) is 39.0 Å². The average Bonchev–Trinajstić information content (AvgIpc) is 2.71. The van der Waals surface area contributed by atoms with Crippen molar-refractivity contribution in [2.75, 3.05) is 18.5 Å². The molecule has 172 valence electrons. The van der Waals surface area contributed by atoms with Crippen LogP contribution in [-0.2, 0) is 27.3 Å². The summed E-state index contributed by atoms with van der Waals surface area (Å²) < 4.78 is 10.5. The number of amides is 3. The van der Waals surface area contributed by atoms with E-state index in [4.69, 9.17) is 9.47 Å². The van der Waals surface area contributed by atoms with Gasteiger partial charge in [0.2, 0.25) is 11.8 Å². The van der Waals surface area contributed by atoms with E-state index in [0.29, 0.717) is 12.3 Å². The molecule has 0 heterocycles. The van der Waals surface area contributed by atoms with Gasteiger partial charge in [0.1, 0.15) is 17.9 Å². The van der Waals surface area contributed by atoms with Gasteiger partial charge in [0, 0.05) is 12.2 Å². The molecule has 0 aliphatic rings. The first kappa shape index (κ1) is 24.7. The molecule has 8 nitrogen and oxygen atoms in total. The molecule has 8 heteroatoms. The van der Waals surface area contributed by atoms with Crippen molar-refractivity contribution in [1.82, 2.24) is 10.6 Å². The molecule has 2 aromatic rings. The summed E-state index contributed by atoms with van der Waals surface area (Å²) in [5.74, 6) is 0.283. The molecule has 0 aliphatic heterocycles. The Kier molecular flexibility index (Phi) is 9.07. The van der Waals surface area contributed by atoms with Gasteiger partial charge < -0.3 is 25.4 Å². The summed E-state index contributed by atoms with van der Waals surface area (Å²) in [5, 5.41) is 7.99. The Morgan fingerprint density at radius 2 is 1.62 bits per heavy atom. The van der Waals surface area contributed by atoms with Crippen molar-refractivity contribution in [3.05, 3.63) is 59.7 Å². The molecule has 0 spiro atoms. The third-order valence-corrected chi connectivity index (χ3v) is 4.09. The molecule has 0 saturated carbocycles. The Morgan fingerprint density at radius 3 is 2.28 bits per heavy atom. The summed E-state index contributed by atoms with van der Waals surface area (Å²) in [6.07, 6.45) is -0.408. The molecule has 0 bridgehead atoms. The molecule has 0 aliphatic carbocycles. The number of ether oxygens (including phenoxy) is 2. The molecule has 0 fully saturated rings. The Balaban J connectivity index is 1.79. The van der Waals surface area contributed by atoms with Crippen molar-refractivity contribution in [1.29, 1.82) is 0 Å². The van der Waals surface area contributed by atoms with E-state index in [2.05, 4.69) is 16.0 Å². The standard InChI is InChI=1S/C24H31N3O5/c1-5-31-20-11-9-17(10-12-20)14-21(28)27-19-8-6-7-18(13-19)15-25-22(29)16-26-23(30)32-24(2,3)4/h6-13H,5,14-16H2,1-4H3,(H,25,29)(H,26,30)(H,27,28). The van der Waals surface area contributed by atoms with Crippen LogP contribution in [0.15, 0.2) is 48.5 Å². The lowest BCUT2D eigenvalue weighted by Crippen LogP contribution is -2.39. The molecular formula is C24H31N3O5. The molecule has 3 N–H and O–H groups in total. The molecule has 2 rings (SSSR count). The van der Waals surface area contributed by atoms with Crippen LogP contribution in [0.4, 0.5) is 10.5 Å². The third kappa shape index (κ3) is 9.51. The van der Waals surface area contributed by atoms with E-state index in [-0.39, 0.29) is 31.3 Å². The van der Waals surface area contributed by atoms with E-state index in [1.165, 1.54) is 0 Å². The maximum Gasteiger partial charge on any atom is 0.408 e. The number of anilines is 1. The number of hydrogen-bond donors (Lipinski definition) is 3. The molecule has 32 heavy (non-hydrogen) atoms. The van der Waals surface area contributed by atoms with E-state index in [0.717, 1.165) is 16.9 Å². The second-order valence-electron chi connectivity index (χ2n) is 8.13. The quantitative estimate of drug-likeness (QED) is 0.553. The van der Waals surface area contributed by atoms with Gasteiger partial charge in [-0.05, 0) is 63.1 Å². The molecular weight excluding hydrogens is 410 g/mol. The van der Waals surface area contributed by atoms with Crippen LogP contribution in [-0.4, -0.2) is 36.7 Å². The van der Waals surface area contributed by atoms with Gasteiger partial charge in [-0.3, -0.25) is 9.59 Å². The van der Waals surface area contributed by atoms with Crippen LogP contribution in [0, 0.1) is 0 Å². The van der Waals surface area contributed by atoms with E-state index in [9.17, 15) is 14.4 Å². The minimum Gasteiger partial charge on any atom is -0.494 e. The Morgan fingerprint density at radius 1 is 0.906 bits per heavy atom. The lowest BCUT2D eigenvalue weighted by Gasteiger charge is -2.19. The summed E-state index contributed by atoms with van der Waals surface area (Å²) in [7, 11) is 0. The Bertz CT molecular complexity index is 920. The number of carbonyl (C=O) groups excluding carboxylic acids is 3. The minimum atomic E-state index is -0.648. The topological polar surface area (TPSA) is 106 Å². The van der Waals surface area contributed by atoms with Crippen molar-refractivity contribution in [3.8, 4) is 5.75 Å². The molecule has 2 aromatic carbocycles. The van der Waals surface area contributed by atoms with Crippen LogP contribution in [0.3, 0.4) is 0 Å². The SMILES string of the molecule is CCOc1ccc(CC(=O)Nc2cccc(CNC(=O)CNC(=O)OC(C)(C)C)c2)cc1. The van der Waals surface area contributed by atoms with Gasteiger partial charge in [0.15, 0.2) is 0 Å². The van der Waals surface area contributed by atoms with E-state index >= 15 is 0 Å². The van der Waals surface area contributed by atoms with Gasteiger partial charge in [0.25, 0.3) is 0 Å². The zero-order valence-corrected chi connectivity index (χ0v) is 19.0. The molecule has 0 unspecified atom stereocenters. The highest BCUT2D eigenvalue weighted by molar-refractivity contribution is 5.92. The van der Waals surface area contributed by atoms with Crippen molar-refractivity contribution in [2.45, 2.75) is 46.3 Å². The lowest BCUT2D eigenvalue weighted by atomic mass is 10.1. The fourth-order valence-corrected chi connectivity index (χ4v) is 2.75. The lowest BCUT2D eigenvalue weighted by molar-refractivity contribution is -0.120. The van der Waals surface area contributed by atoms with Crippen LogP contribution < -0.4 is 20.7 Å². The predicted octanol–water partition coefficient (Wildman–Crippen LogP) is 3.41. The molecule has 0 aromatic heterocycles. The monoisotopic (exact) mass is 441 g/mol. The average molecular weight is 442 g/mol. The Labute approximate surface area is 188 Å². The second kappa shape index (κ2) is 11.7. The summed E-state index contributed by atoms with van der Waals surface area (Å²) in [5.41, 5.74) is 1.71. The second-order valence-corrected chi connectivity index (χ2v) is 8.13. The van der Waals surface area contributed by atoms with Gasteiger partial charge in [-0.2, -0.15) is 0 Å². The maximum absolute atomic E-state index is 12.4. The predicted molar refractivity (Wildman–Crippen MR) is 122 cm³/mol. The number of benzene rings is 2. The zero-order chi connectivity index (χ0) is 23.6. The van der Waals surface area contributed by atoms with Crippen LogP contribution in [0.2, 0.25) is 0 Å². The van der Waals surface area contributed by atoms with Gasteiger partial charge in [-0.25, -0.2) is 4.79 Å². The Hall–Kier alpha value is -3.55. The summed E-state index contributed by atoms with van der Waals surface area (Å²) in [6, 6.07) is 14.6. The maximum atomic E-state index is 12.4. The van der Waals surface area contributed by atoms with Gasteiger partial charge in [-0.15, -0.1) is 0 Å². The molecule has 0 radical (unpaired) electrons. The fraction of sp³-hybridized carbons (Fsp3) is 0.375. The van der Waals surface area contributed by atoms with Crippen molar-refractivity contribution >= 4 is 23.6 Å². The number of hydrogen-bond acceptors (Lipinski definition) is 5. The summed E-state index contributed by atoms with van der Waals surface area (Å²) in [4.78, 5) is 35.9. The van der Waals surface area contributed by atoms with Gasteiger partial charge in [-0.1, -0.05) is 24.3 Å². The first-order valence-electron chi connectivity index (χ1n) is 10.5. The highest BCUT2D eigenvalue weighted by Crippen LogP contribution is 2.14. The van der Waals surface area contributed by atoms with Crippen molar-refractivity contribution in [3.63, 3.8) is 0 Å². The van der Waals surface area contributed by atoms with Crippen LogP contribution >= 0.6 is 0 Å². The smallest absolute Gasteiger partial charge is 0.408 e. The molecule has 0 atom stereocenters. The number of carbonyl (C=O) groups is 3. The number of alkyl carbamates (subject to hydrolysis) is 1. The number of nitrogens with one attached hydrogen (secondary N) is 3. The van der Waals surface area contributed by atoms with Gasteiger partial charge >= 0.3 is 6.09 Å². The first-order chi connectivity index (χ1) is 15.1.